The summed E-state index contributed by atoms with van der Waals surface area (Å²) in [6.07, 6.45) is 89.3. The van der Waals surface area contributed by atoms with Gasteiger partial charge in [-0.15, -0.1) is 0 Å². The first kappa shape index (κ1) is 72.8. The van der Waals surface area contributed by atoms with Crippen molar-refractivity contribution in [2.45, 2.75) is 297 Å². The van der Waals surface area contributed by atoms with E-state index in [0.29, 0.717) is 19.3 Å². The van der Waals surface area contributed by atoms with Gasteiger partial charge in [-0.1, -0.05) is 271 Å². The molecule has 0 aromatic rings. The highest BCUT2D eigenvalue weighted by molar-refractivity contribution is 5.71. The van der Waals surface area contributed by atoms with Gasteiger partial charge in [0.2, 0.25) is 0 Å². The van der Waals surface area contributed by atoms with Crippen LogP contribution in [0.4, 0.5) is 0 Å². The number of allylic oxidation sites excluding steroid dienone is 20. The Hall–Kier alpha value is -4.19. The van der Waals surface area contributed by atoms with Crippen LogP contribution < -0.4 is 0 Å². The van der Waals surface area contributed by atoms with E-state index >= 15 is 0 Å². The smallest absolute Gasteiger partial charge is 0.306 e. The van der Waals surface area contributed by atoms with Crippen molar-refractivity contribution < 1.29 is 28.6 Å². The molecule has 0 rings (SSSR count). The van der Waals surface area contributed by atoms with E-state index in [2.05, 4.69) is 142 Å². The normalized spacial score (nSPS) is 12.9. The Labute approximate surface area is 475 Å². The molecule has 6 heteroatoms. The lowest BCUT2D eigenvalue weighted by molar-refractivity contribution is -0.167. The molecule has 0 radical (unpaired) electrons. The summed E-state index contributed by atoms with van der Waals surface area (Å²) >= 11 is 0. The first-order chi connectivity index (χ1) is 38.0. The van der Waals surface area contributed by atoms with Crippen molar-refractivity contribution >= 4 is 17.9 Å². The van der Waals surface area contributed by atoms with Crippen LogP contribution in [0.3, 0.4) is 0 Å². The number of ether oxygens (including phenoxy) is 3. The molecule has 0 saturated heterocycles. The van der Waals surface area contributed by atoms with E-state index < -0.39 is 6.10 Å². The van der Waals surface area contributed by atoms with Crippen LogP contribution in [0.15, 0.2) is 122 Å². The predicted octanol–water partition coefficient (Wildman–Crippen LogP) is 22.0. The highest BCUT2D eigenvalue weighted by Crippen LogP contribution is 2.15. The molecule has 0 aromatic carbocycles. The maximum absolute atomic E-state index is 12.9. The lowest BCUT2D eigenvalue weighted by Gasteiger charge is -2.18. The third kappa shape index (κ3) is 62.5. The van der Waals surface area contributed by atoms with Gasteiger partial charge >= 0.3 is 17.9 Å². The molecule has 0 N–H and O–H groups in total. The summed E-state index contributed by atoms with van der Waals surface area (Å²) in [7, 11) is 0. The monoisotopic (exact) mass is 1070 g/mol. The minimum Gasteiger partial charge on any atom is -0.462 e. The topological polar surface area (TPSA) is 78.9 Å². The third-order valence-electron chi connectivity index (χ3n) is 13.4. The molecule has 0 aromatic heterocycles. The Bertz CT molecular complexity index is 1600. The molecule has 6 nitrogen and oxygen atoms in total. The standard InChI is InChI=1S/C71H118O6/c1-4-7-10-13-16-19-22-25-27-29-31-33-35-37-39-41-43-46-49-52-55-58-61-64-70(73)76-67-68(66-75-69(72)63-60-57-54-51-48-45-24-21-18-15-12-9-6-3)77-71(74)65-62-59-56-53-50-47-44-42-40-38-36-34-32-30-28-26-23-20-17-14-11-8-5-2/h7,10,12,15-16,19,21,24-25,27,30-33,37,39,43,46,52,55,68H,4-6,8-9,11,13-14,17-18,20,22-23,26,28-29,34-36,38,40-42,44-45,47-51,53-54,56-67H2,1-3H3/b10-7-,15-12-,19-16-,24-21-,27-25-,32-30-,33-31-,39-37-,46-43-,55-52-. The summed E-state index contributed by atoms with van der Waals surface area (Å²) in [5.41, 5.74) is 0. The zero-order chi connectivity index (χ0) is 55.7. The van der Waals surface area contributed by atoms with Crippen molar-refractivity contribution in [3.63, 3.8) is 0 Å². The molecule has 1 atom stereocenters. The van der Waals surface area contributed by atoms with E-state index in [4.69, 9.17) is 14.2 Å². The van der Waals surface area contributed by atoms with Gasteiger partial charge < -0.3 is 14.2 Å². The SMILES string of the molecule is CC/C=C\C/C=C\C/C=C\C/C=C\C/C=C\C/C=C\C/C=C\CCCC(=O)OCC(COC(=O)CCCCCCC/C=C\C/C=C\CCC)OC(=O)CCCCCCCCCCCCC/C=C\CCCCCCCCCC. The Morgan fingerprint density at radius 1 is 0.273 bits per heavy atom. The van der Waals surface area contributed by atoms with Crippen molar-refractivity contribution in [3.8, 4) is 0 Å². The Kier molecular flexibility index (Phi) is 60.8. The lowest BCUT2D eigenvalue weighted by atomic mass is 10.0. The van der Waals surface area contributed by atoms with E-state index in [1.54, 1.807) is 0 Å². The van der Waals surface area contributed by atoms with Gasteiger partial charge in [-0.25, -0.2) is 0 Å². The largest absolute Gasteiger partial charge is 0.462 e. The van der Waals surface area contributed by atoms with E-state index in [0.717, 1.165) is 122 Å². The Morgan fingerprint density at radius 2 is 0.545 bits per heavy atom. The number of hydrogen-bond donors (Lipinski definition) is 0. The maximum atomic E-state index is 12.9. The van der Waals surface area contributed by atoms with Crippen molar-refractivity contribution in [3.05, 3.63) is 122 Å². The van der Waals surface area contributed by atoms with E-state index in [-0.39, 0.29) is 37.5 Å². The molecule has 0 fully saturated rings. The van der Waals surface area contributed by atoms with Gasteiger partial charge in [0.15, 0.2) is 6.10 Å². The van der Waals surface area contributed by atoms with Crippen LogP contribution in [-0.2, 0) is 28.6 Å². The van der Waals surface area contributed by atoms with Gasteiger partial charge in [-0.2, -0.15) is 0 Å². The minimum atomic E-state index is -0.812. The first-order valence-electron chi connectivity index (χ1n) is 32.0. The summed E-state index contributed by atoms with van der Waals surface area (Å²) in [6.45, 7) is 6.42. The molecule has 77 heavy (non-hydrogen) atoms. The van der Waals surface area contributed by atoms with E-state index in [1.807, 2.05) is 0 Å². The summed E-state index contributed by atoms with van der Waals surface area (Å²) in [5.74, 6) is -0.977. The zero-order valence-corrected chi connectivity index (χ0v) is 50.2. The molecule has 0 amide bonds. The number of carbonyl (C=O) groups is 3. The molecule has 0 heterocycles. The fourth-order valence-electron chi connectivity index (χ4n) is 8.64. The van der Waals surface area contributed by atoms with Crippen LogP contribution in [0.1, 0.15) is 290 Å². The third-order valence-corrected chi connectivity index (χ3v) is 13.4. The molecule has 0 aliphatic carbocycles. The summed E-state index contributed by atoms with van der Waals surface area (Å²) < 4.78 is 16.9. The molecule has 0 spiro atoms. The van der Waals surface area contributed by atoms with Gasteiger partial charge in [0.1, 0.15) is 13.2 Å². The molecule has 438 valence electrons. The first-order valence-corrected chi connectivity index (χ1v) is 32.0. The Morgan fingerprint density at radius 3 is 0.909 bits per heavy atom. The van der Waals surface area contributed by atoms with Crippen LogP contribution in [0.5, 0.6) is 0 Å². The molecule has 0 aliphatic heterocycles. The second kappa shape index (κ2) is 64.3. The molecular formula is C71H118O6. The predicted molar refractivity (Wildman–Crippen MR) is 334 cm³/mol. The second-order valence-electron chi connectivity index (χ2n) is 20.9. The van der Waals surface area contributed by atoms with E-state index in [1.165, 1.54) is 122 Å². The molecule has 0 aliphatic rings. The maximum Gasteiger partial charge on any atom is 0.306 e. The quantitative estimate of drug-likeness (QED) is 0.0261. The van der Waals surface area contributed by atoms with Crippen LogP contribution in [0, 0.1) is 0 Å². The van der Waals surface area contributed by atoms with Gasteiger partial charge in [0, 0.05) is 19.3 Å². The second-order valence-corrected chi connectivity index (χ2v) is 20.9. The zero-order valence-electron chi connectivity index (χ0n) is 50.2. The van der Waals surface area contributed by atoms with Crippen molar-refractivity contribution in [1.82, 2.24) is 0 Å². The fourth-order valence-corrected chi connectivity index (χ4v) is 8.64. The highest BCUT2D eigenvalue weighted by atomic mass is 16.6. The van der Waals surface area contributed by atoms with Crippen LogP contribution >= 0.6 is 0 Å². The number of carbonyl (C=O) groups excluding carboxylic acids is 3. The van der Waals surface area contributed by atoms with Crippen molar-refractivity contribution in [1.29, 1.82) is 0 Å². The molecular weight excluding hydrogens is 949 g/mol. The molecule has 0 bridgehead atoms. The highest BCUT2D eigenvalue weighted by Gasteiger charge is 2.19. The van der Waals surface area contributed by atoms with E-state index in [9.17, 15) is 14.4 Å². The minimum absolute atomic E-state index is 0.106. The number of hydrogen-bond acceptors (Lipinski definition) is 6. The summed E-state index contributed by atoms with van der Waals surface area (Å²) in [5, 5.41) is 0. The fraction of sp³-hybridized carbons (Fsp3) is 0.676. The van der Waals surface area contributed by atoms with Gasteiger partial charge in [0.05, 0.1) is 0 Å². The van der Waals surface area contributed by atoms with Crippen molar-refractivity contribution in [2.75, 3.05) is 13.2 Å². The van der Waals surface area contributed by atoms with Gasteiger partial charge in [-0.3, -0.25) is 14.4 Å². The average Bonchev–Trinajstić information content (AvgIpc) is 3.43. The van der Waals surface area contributed by atoms with Crippen LogP contribution in [0.2, 0.25) is 0 Å². The van der Waals surface area contributed by atoms with Crippen molar-refractivity contribution in [2.24, 2.45) is 0 Å². The lowest BCUT2D eigenvalue weighted by Crippen LogP contribution is -2.30. The van der Waals surface area contributed by atoms with Crippen LogP contribution in [0.25, 0.3) is 0 Å². The number of rotatable bonds is 57. The average molecular weight is 1070 g/mol. The Balaban J connectivity index is 4.44. The summed E-state index contributed by atoms with van der Waals surface area (Å²) in [6, 6.07) is 0. The van der Waals surface area contributed by atoms with Crippen LogP contribution in [-0.4, -0.2) is 37.2 Å². The summed E-state index contributed by atoms with van der Waals surface area (Å²) in [4.78, 5) is 38.3. The van der Waals surface area contributed by atoms with Gasteiger partial charge in [0.25, 0.3) is 0 Å². The number of esters is 3. The molecule has 0 saturated carbocycles. The number of unbranched alkanes of at least 4 members (excludes halogenated alkanes) is 26. The van der Waals surface area contributed by atoms with Gasteiger partial charge in [-0.05, 0) is 122 Å². The molecule has 1 unspecified atom stereocenters.